The van der Waals surface area contributed by atoms with Gasteiger partial charge in [0.1, 0.15) is 0 Å². The van der Waals surface area contributed by atoms with E-state index in [2.05, 4.69) is 17.2 Å². The number of hydrogen-bond donors (Lipinski definition) is 0. The summed E-state index contributed by atoms with van der Waals surface area (Å²) in [5.74, 6) is 1.07. The topological polar surface area (TPSA) is 58.7 Å². The van der Waals surface area contributed by atoms with E-state index in [1.165, 1.54) is 31.7 Å². The summed E-state index contributed by atoms with van der Waals surface area (Å²) in [6.45, 7) is 3.90. The molecule has 23 heavy (non-hydrogen) atoms. The molecule has 2 aliphatic rings. The average molecular weight is 331 g/mol. The van der Waals surface area contributed by atoms with E-state index in [-0.39, 0.29) is 16.1 Å². The zero-order valence-electron chi connectivity index (χ0n) is 13.5. The van der Waals surface area contributed by atoms with Crippen molar-refractivity contribution in [1.82, 2.24) is 4.90 Å². The Morgan fingerprint density at radius 2 is 2.13 bits per heavy atom. The second-order valence-corrected chi connectivity index (χ2v) is 7.14. The number of hydrogen-bond acceptors (Lipinski definition) is 4. The Kier molecular flexibility index (Phi) is 4.43. The second kappa shape index (κ2) is 6.35. The number of benzene rings is 1. The molecule has 0 unspecified atom stereocenters. The lowest BCUT2D eigenvalue weighted by molar-refractivity contribution is -0.384. The average Bonchev–Trinajstić information content (AvgIpc) is 3.12. The molecule has 6 heteroatoms. The molecule has 3 rings (SSSR count). The minimum atomic E-state index is -0.367. The van der Waals surface area contributed by atoms with Crippen molar-refractivity contribution < 1.29 is 4.92 Å². The quantitative estimate of drug-likeness (QED) is 0.590. The number of nitro benzene ring substituents is 1. The van der Waals surface area contributed by atoms with Crippen molar-refractivity contribution in [1.29, 1.82) is 0 Å². The molecule has 5 nitrogen and oxygen atoms in total. The van der Waals surface area contributed by atoms with Gasteiger partial charge in [0.25, 0.3) is 5.69 Å². The number of amidine groups is 1. The van der Waals surface area contributed by atoms with Gasteiger partial charge in [-0.1, -0.05) is 30.7 Å². The number of thioether (sulfide) groups is 1. The summed E-state index contributed by atoms with van der Waals surface area (Å²) in [6.07, 6.45) is 9.16. The van der Waals surface area contributed by atoms with Gasteiger partial charge in [-0.2, -0.15) is 0 Å². The lowest BCUT2D eigenvalue weighted by atomic mass is 9.99. The van der Waals surface area contributed by atoms with Crippen LogP contribution in [-0.2, 0) is 0 Å². The van der Waals surface area contributed by atoms with Crippen molar-refractivity contribution in [3.63, 3.8) is 0 Å². The molecule has 1 heterocycles. The molecule has 1 aromatic carbocycles. The summed E-state index contributed by atoms with van der Waals surface area (Å²) in [5.41, 5.74) is 1.97. The first-order chi connectivity index (χ1) is 11.1. The van der Waals surface area contributed by atoms with Crippen LogP contribution in [0.1, 0.15) is 38.2 Å². The predicted octanol–water partition coefficient (Wildman–Crippen LogP) is 4.79. The standard InChI is InChI=1S/C17H21N3O2S/c1-3-10-19-16(23-12-17(19)8-4-5-9-17)18-15-7-6-14(20(21)22)11-13(15)2/h3,6-7,10-11H,4-5,8-9,12H2,1-2H3/b10-3-,18-16?. The maximum Gasteiger partial charge on any atom is 0.269 e. The highest BCUT2D eigenvalue weighted by Crippen LogP contribution is 2.45. The van der Waals surface area contributed by atoms with E-state index >= 15 is 0 Å². The van der Waals surface area contributed by atoms with Crippen LogP contribution in [-0.4, -0.2) is 26.3 Å². The Morgan fingerprint density at radius 1 is 1.39 bits per heavy atom. The lowest BCUT2D eigenvalue weighted by Crippen LogP contribution is -2.41. The molecule has 1 aliphatic heterocycles. The van der Waals surface area contributed by atoms with E-state index in [9.17, 15) is 10.1 Å². The molecule has 1 saturated heterocycles. The summed E-state index contributed by atoms with van der Waals surface area (Å²) >= 11 is 1.79. The van der Waals surface area contributed by atoms with E-state index in [0.717, 1.165) is 22.2 Å². The van der Waals surface area contributed by atoms with Gasteiger partial charge in [-0.05, 0) is 38.3 Å². The van der Waals surface area contributed by atoms with Crippen molar-refractivity contribution in [2.24, 2.45) is 4.99 Å². The Balaban J connectivity index is 1.94. The van der Waals surface area contributed by atoms with Gasteiger partial charge in [0.05, 0.1) is 16.1 Å². The number of nitrogens with zero attached hydrogens (tertiary/aromatic N) is 3. The molecule has 0 bridgehead atoms. The number of rotatable bonds is 3. The van der Waals surface area contributed by atoms with Crippen molar-refractivity contribution >= 4 is 28.3 Å². The van der Waals surface area contributed by atoms with Crippen LogP contribution in [0.2, 0.25) is 0 Å². The van der Waals surface area contributed by atoms with Crippen molar-refractivity contribution in [3.05, 3.63) is 46.2 Å². The molecule has 0 amide bonds. The first-order valence-corrected chi connectivity index (χ1v) is 8.93. The van der Waals surface area contributed by atoms with Gasteiger partial charge in [0, 0.05) is 24.1 Å². The minimum Gasteiger partial charge on any atom is -0.321 e. The molecule has 1 saturated carbocycles. The summed E-state index contributed by atoms with van der Waals surface area (Å²) in [6, 6.07) is 4.86. The van der Waals surface area contributed by atoms with E-state index < -0.39 is 0 Å². The normalized spacial score (nSPS) is 21.8. The van der Waals surface area contributed by atoms with Crippen LogP contribution < -0.4 is 0 Å². The number of aryl methyl sites for hydroxylation is 1. The number of allylic oxidation sites excluding steroid dienone is 1. The third-order valence-corrected chi connectivity index (χ3v) is 5.85. The third kappa shape index (κ3) is 3.00. The summed E-state index contributed by atoms with van der Waals surface area (Å²) in [5, 5.41) is 11.9. The molecule has 2 fully saturated rings. The summed E-state index contributed by atoms with van der Waals surface area (Å²) in [7, 11) is 0. The molecule has 0 aromatic heterocycles. The zero-order chi connectivity index (χ0) is 16.4. The smallest absolute Gasteiger partial charge is 0.269 e. The van der Waals surface area contributed by atoms with E-state index in [4.69, 9.17) is 4.99 Å². The fraction of sp³-hybridized carbons (Fsp3) is 0.471. The molecular weight excluding hydrogens is 310 g/mol. The van der Waals surface area contributed by atoms with Crippen LogP contribution in [0.4, 0.5) is 11.4 Å². The Bertz CT molecular complexity index is 678. The first-order valence-electron chi connectivity index (χ1n) is 7.94. The number of nitro groups is 1. The Labute approximate surface area is 140 Å². The van der Waals surface area contributed by atoms with Crippen LogP contribution in [0, 0.1) is 17.0 Å². The molecule has 1 spiro atoms. The van der Waals surface area contributed by atoms with E-state index in [1.54, 1.807) is 23.9 Å². The third-order valence-electron chi connectivity index (χ3n) is 4.63. The highest BCUT2D eigenvalue weighted by atomic mass is 32.2. The van der Waals surface area contributed by atoms with Crippen molar-refractivity contribution in [2.45, 2.75) is 45.1 Å². The van der Waals surface area contributed by atoms with Crippen molar-refractivity contribution in [2.75, 3.05) is 5.75 Å². The maximum absolute atomic E-state index is 10.9. The van der Waals surface area contributed by atoms with Crippen LogP contribution in [0.5, 0.6) is 0 Å². The van der Waals surface area contributed by atoms with Crippen LogP contribution in [0.15, 0.2) is 35.5 Å². The highest BCUT2D eigenvalue weighted by Gasteiger charge is 2.45. The molecule has 122 valence electrons. The van der Waals surface area contributed by atoms with Crippen LogP contribution in [0.3, 0.4) is 0 Å². The predicted molar refractivity (Wildman–Crippen MR) is 95.2 cm³/mol. The van der Waals surface area contributed by atoms with E-state index in [0.29, 0.717) is 0 Å². The monoisotopic (exact) mass is 331 g/mol. The Hall–Kier alpha value is -1.82. The SMILES string of the molecule is C/C=C\N1C(=Nc2ccc([N+](=O)[O-])cc2C)SCC12CCCC2. The van der Waals surface area contributed by atoms with Crippen molar-refractivity contribution in [3.8, 4) is 0 Å². The fourth-order valence-electron chi connectivity index (χ4n) is 3.40. The van der Waals surface area contributed by atoms with Gasteiger partial charge < -0.3 is 4.90 Å². The van der Waals surface area contributed by atoms with Gasteiger partial charge in [0.15, 0.2) is 5.17 Å². The van der Waals surface area contributed by atoms with E-state index in [1.807, 2.05) is 13.8 Å². The van der Waals surface area contributed by atoms with Gasteiger partial charge in [0.2, 0.25) is 0 Å². The van der Waals surface area contributed by atoms with Crippen LogP contribution >= 0.6 is 11.8 Å². The second-order valence-electron chi connectivity index (χ2n) is 6.19. The first kappa shape index (κ1) is 16.1. The number of aliphatic imine (C=N–C) groups is 1. The highest BCUT2D eigenvalue weighted by molar-refractivity contribution is 8.14. The zero-order valence-corrected chi connectivity index (χ0v) is 14.3. The number of non-ortho nitro benzene ring substituents is 1. The Morgan fingerprint density at radius 3 is 2.74 bits per heavy atom. The van der Waals surface area contributed by atoms with Gasteiger partial charge >= 0.3 is 0 Å². The largest absolute Gasteiger partial charge is 0.321 e. The lowest BCUT2D eigenvalue weighted by Gasteiger charge is -2.32. The minimum absolute atomic E-state index is 0.114. The molecular formula is C17H21N3O2S. The molecule has 1 aromatic rings. The summed E-state index contributed by atoms with van der Waals surface area (Å²) < 4.78 is 0. The van der Waals surface area contributed by atoms with Crippen LogP contribution in [0.25, 0.3) is 0 Å². The fourth-order valence-corrected chi connectivity index (χ4v) is 4.78. The molecule has 1 aliphatic carbocycles. The van der Waals surface area contributed by atoms with Gasteiger partial charge in [-0.15, -0.1) is 0 Å². The van der Waals surface area contributed by atoms with Gasteiger partial charge in [-0.25, -0.2) is 4.99 Å². The summed E-state index contributed by atoms with van der Waals surface area (Å²) in [4.78, 5) is 17.6. The molecule has 0 atom stereocenters. The molecule has 0 radical (unpaired) electrons. The molecule has 0 N–H and O–H groups in total. The maximum atomic E-state index is 10.9. The van der Waals surface area contributed by atoms with Gasteiger partial charge in [-0.3, -0.25) is 10.1 Å².